The molecule has 0 radical (unpaired) electrons. The summed E-state index contributed by atoms with van der Waals surface area (Å²) in [6.45, 7) is -0.240. The van der Waals surface area contributed by atoms with Gasteiger partial charge in [-0.3, -0.25) is 4.79 Å². The number of rotatable bonds is 2. The molecule has 2 N–H and O–H groups in total. The number of hydrogen-bond donors (Lipinski definition) is 1. The summed E-state index contributed by atoms with van der Waals surface area (Å²) >= 11 is 8.70. The first-order valence-corrected chi connectivity index (χ1v) is 4.61. The molecule has 1 aromatic rings. The summed E-state index contributed by atoms with van der Waals surface area (Å²) in [6, 6.07) is 2.50. The molecule has 0 atom stereocenters. The number of halogens is 3. The van der Waals surface area contributed by atoms with E-state index in [1.807, 2.05) is 0 Å². The van der Waals surface area contributed by atoms with Gasteiger partial charge in [0.1, 0.15) is 5.82 Å². The average Bonchev–Trinajstić information content (AvgIpc) is 2.12. The van der Waals surface area contributed by atoms with Crippen molar-refractivity contribution in [2.75, 3.05) is 6.54 Å². The minimum atomic E-state index is -0.619. The number of benzene rings is 1. The van der Waals surface area contributed by atoms with Crippen molar-refractivity contribution in [1.29, 1.82) is 0 Å². The number of carbonyl (C=O) groups is 1. The summed E-state index contributed by atoms with van der Waals surface area (Å²) in [7, 11) is 0. The third-order valence-corrected chi connectivity index (χ3v) is 2.88. The van der Waals surface area contributed by atoms with Crippen molar-refractivity contribution >= 4 is 33.3 Å². The maximum Gasteiger partial charge on any atom is 0.180 e. The van der Waals surface area contributed by atoms with E-state index in [-0.39, 0.29) is 16.6 Å². The fourth-order valence-corrected chi connectivity index (χ4v) is 1.58. The molecule has 5 heteroatoms. The SMILES string of the molecule is NCC(=O)c1c(F)ccc(Cl)c1Br. The summed E-state index contributed by atoms with van der Waals surface area (Å²) in [5, 5.41) is 0.290. The first-order chi connectivity index (χ1) is 6.07. The Bertz CT molecular complexity index is 356. The Morgan fingerprint density at radius 1 is 1.62 bits per heavy atom. The molecule has 70 valence electrons. The molecule has 0 spiro atoms. The first kappa shape index (κ1) is 10.6. The Hall–Kier alpha value is -0.450. The van der Waals surface area contributed by atoms with Crippen LogP contribution in [0.1, 0.15) is 10.4 Å². The number of carbonyl (C=O) groups excluding carboxylic acids is 1. The van der Waals surface area contributed by atoms with Gasteiger partial charge in [0.05, 0.1) is 17.1 Å². The van der Waals surface area contributed by atoms with Gasteiger partial charge in [-0.2, -0.15) is 0 Å². The Kier molecular flexibility index (Phi) is 3.41. The molecule has 0 bridgehead atoms. The van der Waals surface area contributed by atoms with Gasteiger partial charge in [0.25, 0.3) is 0 Å². The molecule has 1 rings (SSSR count). The van der Waals surface area contributed by atoms with Crippen molar-refractivity contribution < 1.29 is 9.18 Å². The zero-order chi connectivity index (χ0) is 10.0. The maximum atomic E-state index is 13.1. The molecule has 0 heterocycles. The zero-order valence-corrected chi connectivity index (χ0v) is 8.82. The van der Waals surface area contributed by atoms with Crippen molar-refractivity contribution in [3.05, 3.63) is 33.0 Å². The molecule has 0 amide bonds. The van der Waals surface area contributed by atoms with Gasteiger partial charge < -0.3 is 5.73 Å². The van der Waals surface area contributed by atoms with Crippen LogP contribution in [-0.2, 0) is 0 Å². The topological polar surface area (TPSA) is 43.1 Å². The smallest absolute Gasteiger partial charge is 0.180 e. The van der Waals surface area contributed by atoms with Gasteiger partial charge in [0.2, 0.25) is 0 Å². The Morgan fingerprint density at radius 3 is 2.77 bits per heavy atom. The van der Waals surface area contributed by atoms with Crippen LogP contribution in [0.15, 0.2) is 16.6 Å². The lowest BCUT2D eigenvalue weighted by atomic mass is 10.1. The third kappa shape index (κ3) is 2.07. The summed E-state index contributed by atoms with van der Waals surface area (Å²) in [5.74, 6) is -1.10. The van der Waals surface area contributed by atoms with Crippen LogP contribution in [0.5, 0.6) is 0 Å². The second kappa shape index (κ2) is 4.17. The second-order valence-corrected chi connectivity index (χ2v) is 3.55. The normalized spacial score (nSPS) is 10.2. The largest absolute Gasteiger partial charge is 0.324 e. The Labute approximate surface area is 88.0 Å². The number of ketones is 1. The Balaban J connectivity index is 3.33. The Morgan fingerprint density at radius 2 is 2.23 bits per heavy atom. The van der Waals surface area contributed by atoms with Gasteiger partial charge in [-0.25, -0.2) is 4.39 Å². The van der Waals surface area contributed by atoms with Crippen LogP contribution in [-0.4, -0.2) is 12.3 Å². The van der Waals surface area contributed by atoms with E-state index in [0.29, 0.717) is 5.02 Å². The van der Waals surface area contributed by atoms with Crippen molar-refractivity contribution in [2.24, 2.45) is 5.73 Å². The maximum absolute atomic E-state index is 13.1. The molecule has 13 heavy (non-hydrogen) atoms. The molecule has 0 aliphatic rings. The van der Waals surface area contributed by atoms with E-state index in [9.17, 15) is 9.18 Å². The van der Waals surface area contributed by atoms with E-state index >= 15 is 0 Å². The predicted octanol–water partition coefficient (Wildman–Crippen LogP) is 2.38. The van der Waals surface area contributed by atoms with Gasteiger partial charge in [-0.1, -0.05) is 11.6 Å². The van der Waals surface area contributed by atoms with E-state index in [1.165, 1.54) is 6.07 Å². The summed E-state index contributed by atoms with van der Waals surface area (Å²) in [4.78, 5) is 11.2. The molecular weight excluding hydrogens is 260 g/mol. The standard InChI is InChI=1S/C8H6BrClFNO/c9-8-4(10)1-2-5(11)7(8)6(13)3-12/h1-2H,3,12H2. The van der Waals surface area contributed by atoms with E-state index in [2.05, 4.69) is 15.9 Å². The number of Topliss-reactive ketones (excluding diaryl/α,β-unsaturated/α-hetero) is 1. The van der Waals surface area contributed by atoms with E-state index in [0.717, 1.165) is 6.07 Å². The van der Waals surface area contributed by atoms with E-state index in [4.69, 9.17) is 17.3 Å². The zero-order valence-electron chi connectivity index (χ0n) is 6.48. The lowest BCUT2D eigenvalue weighted by Gasteiger charge is -2.04. The molecule has 0 saturated carbocycles. The van der Waals surface area contributed by atoms with Gasteiger partial charge in [-0.15, -0.1) is 0 Å². The second-order valence-electron chi connectivity index (χ2n) is 2.35. The molecule has 0 unspecified atom stereocenters. The first-order valence-electron chi connectivity index (χ1n) is 3.44. The fourth-order valence-electron chi connectivity index (χ4n) is 0.885. The predicted molar refractivity (Wildman–Crippen MR) is 52.5 cm³/mol. The van der Waals surface area contributed by atoms with E-state index in [1.54, 1.807) is 0 Å². The van der Waals surface area contributed by atoms with Crippen molar-refractivity contribution in [3.63, 3.8) is 0 Å². The lowest BCUT2D eigenvalue weighted by Crippen LogP contribution is -2.15. The fraction of sp³-hybridized carbons (Fsp3) is 0.125. The molecular formula is C8H6BrClFNO. The van der Waals surface area contributed by atoms with Gasteiger partial charge in [-0.05, 0) is 28.1 Å². The van der Waals surface area contributed by atoms with Crippen LogP contribution < -0.4 is 5.73 Å². The molecule has 0 aliphatic heterocycles. The van der Waals surface area contributed by atoms with E-state index < -0.39 is 11.6 Å². The van der Waals surface area contributed by atoms with Crippen LogP contribution in [0.25, 0.3) is 0 Å². The number of hydrogen-bond acceptors (Lipinski definition) is 2. The summed E-state index contributed by atoms with van der Waals surface area (Å²) in [5.41, 5.74) is 5.02. The lowest BCUT2D eigenvalue weighted by molar-refractivity contribution is 0.0997. The van der Waals surface area contributed by atoms with Crippen LogP contribution >= 0.6 is 27.5 Å². The van der Waals surface area contributed by atoms with Crippen molar-refractivity contribution in [2.45, 2.75) is 0 Å². The quantitative estimate of drug-likeness (QED) is 0.660. The minimum absolute atomic E-state index is 0.0880. The molecule has 2 nitrogen and oxygen atoms in total. The monoisotopic (exact) mass is 265 g/mol. The molecule has 0 aliphatic carbocycles. The number of nitrogens with two attached hydrogens (primary N) is 1. The molecule has 0 aromatic heterocycles. The molecule has 1 aromatic carbocycles. The molecule has 0 saturated heterocycles. The molecule has 0 fully saturated rings. The highest BCUT2D eigenvalue weighted by atomic mass is 79.9. The van der Waals surface area contributed by atoms with Crippen LogP contribution in [0, 0.1) is 5.82 Å². The van der Waals surface area contributed by atoms with Crippen molar-refractivity contribution in [3.8, 4) is 0 Å². The summed E-state index contributed by atoms with van der Waals surface area (Å²) in [6.07, 6.45) is 0. The van der Waals surface area contributed by atoms with Crippen LogP contribution in [0.2, 0.25) is 5.02 Å². The van der Waals surface area contributed by atoms with Crippen LogP contribution in [0.3, 0.4) is 0 Å². The van der Waals surface area contributed by atoms with Gasteiger partial charge >= 0.3 is 0 Å². The average molecular weight is 266 g/mol. The highest BCUT2D eigenvalue weighted by Crippen LogP contribution is 2.28. The van der Waals surface area contributed by atoms with Crippen molar-refractivity contribution in [1.82, 2.24) is 0 Å². The highest BCUT2D eigenvalue weighted by molar-refractivity contribution is 9.10. The summed E-state index contributed by atoms with van der Waals surface area (Å²) < 4.78 is 13.4. The van der Waals surface area contributed by atoms with Gasteiger partial charge in [0.15, 0.2) is 5.78 Å². The minimum Gasteiger partial charge on any atom is -0.324 e. The third-order valence-electron chi connectivity index (χ3n) is 1.51. The highest BCUT2D eigenvalue weighted by Gasteiger charge is 2.16. The van der Waals surface area contributed by atoms with Crippen LogP contribution in [0.4, 0.5) is 4.39 Å². The van der Waals surface area contributed by atoms with Gasteiger partial charge in [0, 0.05) is 4.47 Å².